The Kier molecular flexibility index (Phi) is 6.29. The second-order valence-electron chi connectivity index (χ2n) is 5.55. The van der Waals surface area contributed by atoms with Gasteiger partial charge in [-0.15, -0.1) is 0 Å². The van der Waals surface area contributed by atoms with Crippen LogP contribution in [0.4, 0.5) is 0 Å². The van der Waals surface area contributed by atoms with Crippen LogP contribution < -0.4 is 5.32 Å². The van der Waals surface area contributed by atoms with Crippen LogP contribution in [-0.4, -0.2) is 17.7 Å². The van der Waals surface area contributed by atoms with Gasteiger partial charge in [-0.2, -0.15) is 0 Å². The van der Waals surface area contributed by atoms with Crippen molar-refractivity contribution in [2.75, 3.05) is 6.54 Å². The van der Waals surface area contributed by atoms with Crippen molar-refractivity contribution in [3.8, 4) is 5.75 Å². The summed E-state index contributed by atoms with van der Waals surface area (Å²) in [5.74, 6) is 0.333. The summed E-state index contributed by atoms with van der Waals surface area (Å²) in [7, 11) is 0. The molecule has 0 saturated heterocycles. The van der Waals surface area contributed by atoms with E-state index in [1.165, 1.54) is 24.0 Å². The lowest BCUT2D eigenvalue weighted by molar-refractivity contribution is 0.472. The lowest BCUT2D eigenvalue weighted by atomic mass is 10.0. The Morgan fingerprint density at radius 2 is 1.67 bits per heavy atom. The number of benzene rings is 2. The summed E-state index contributed by atoms with van der Waals surface area (Å²) >= 11 is 0. The molecule has 21 heavy (non-hydrogen) atoms. The number of rotatable bonds is 8. The van der Waals surface area contributed by atoms with E-state index in [2.05, 4.69) is 42.6 Å². The monoisotopic (exact) mass is 283 g/mol. The van der Waals surface area contributed by atoms with Gasteiger partial charge < -0.3 is 10.4 Å². The molecular formula is C19H25NO. The topological polar surface area (TPSA) is 32.3 Å². The molecule has 1 unspecified atom stereocenters. The van der Waals surface area contributed by atoms with Crippen molar-refractivity contribution in [3.05, 3.63) is 65.7 Å². The summed E-state index contributed by atoms with van der Waals surface area (Å²) in [6, 6.07) is 18.7. The molecule has 0 spiro atoms. The van der Waals surface area contributed by atoms with Crippen LogP contribution >= 0.6 is 0 Å². The zero-order valence-electron chi connectivity index (χ0n) is 12.8. The molecule has 0 fully saturated rings. The van der Waals surface area contributed by atoms with Crippen LogP contribution in [0.2, 0.25) is 0 Å². The molecule has 2 rings (SSSR count). The zero-order valence-corrected chi connectivity index (χ0v) is 12.8. The largest absolute Gasteiger partial charge is 0.508 e. The summed E-state index contributed by atoms with van der Waals surface area (Å²) in [6.45, 7) is 3.21. The number of phenols is 1. The Hall–Kier alpha value is -1.80. The lowest BCUT2D eigenvalue weighted by Gasteiger charge is -2.18. The fourth-order valence-corrected chi connectivity index (χ4v) is 2.61. The highest BCUT2D eigenvalue weighted by molar-refractivity contribution is 5.26. The Balaban J connectivity index is 1.81. The van der Waals surface area contributed by atoms with E-state index in [0.717, 1.165) is 19.4 Å². The first-order chi connectivity index (χ1) is 10.3. The molecule has 2 heteroatoms. The minimum atomic E-state index is 0.333. The summed E-state index contributed by atoms with van der Waals surface area (Å²) < 4.78 is 0. The first-order valence-corrected chi connectivity index (χ1v) is 7.83. The average Bonchev–Trinajstić information content (AvgIpc) is 2.50. The van der Waals surface area contributed by atoms with E-state index in [1.54, 1.807) is 12.1 Å². The fraction of sp³-hybridized carbons (Fsp3) is 0.368. The van der Waals surface area contributed by atoms with Gasteiger partial charge in [0.05, 0.1) is 0 Å². The van der Waals surface area contributed by atoms with E-state index in [-0.39, 0.29) is 0 Å². The Morgan fingerprint density at radius 1 is 0.952 bits per heavy atom. The van der Waals surface area contributed by atoms with Crippen LogP contribution in [0.3, 0.4) is 0 Å². The van der Waals surface area contributed by atoms with E-state index in [4.69, 9.17) is 0 Å². The highest BCUT2D eigenvalue weighted by atomic mass is 16.3. The quantitative estimate of drug-likeness (QED) is 0.769. The predicted octanol–water partition coefficient (Wildman–Crippen LogP) is 3.94. The third kappa shape index (κ3) is 5.60. The van der Waals surface area contributed by atoms with Crippen molar-refractivity contribution in [1.82, 2.24) is 5.32 Å². The van der Waals surface area contributed by atoms with Crippen LogP contribution in [-0.2, 0) is 12.8 Å². The molecule has 112 valence electrons. The molecule has 2 aromatic carbocycles. The van der Waals surface area contributed by atoms with Crippen LogP contribution in [0.1, 0.15) is 30.9 Å². The van der Waals surface area contributed by atoms with Crippen LogP contribution in [0.15, 0.2) is 54.6 Å². The Morgan fingerprint density at radius 3 is 2.33 bits per heavy atom. The molecule has 2 nitrogen and oxygen atoms in total. The third-order valence-corrected chi connectivity index (χ3v) is 3.75. The highest BCUT2D eigenvalue weighted by Crippen LogP contribution is 2.11. The van der Waals surface area contributed by atoms with Gasteiger partial charge in [-0.25, -0.2) is 0 Å². The van der Waals surface area contributed by atoms with E-state index >= 15 is 0 Å². The highest BCUT2D eigenvalue weighted by Gasteiger charge is 2.07. The Labute approximate surface area is 127 Å². The van der Waals surface area contributed by atoms with Gasteiger partial charge in [-0.05, 0) is 49.1 Å². The molecule has 2 aromatic rings. The van der Waals surface area contributed by atoms with Crippen molar-refractivity contribution >= 4 is 0 Å². The average molecular weight is 283 g/mol. The number of hydrogen-bond acceptors (Lipinski definition) is 2. The molecule has 0 amide bonds. The van der Waals surface area contributed by atoms with Gasteiger partial charge in [0, 0.05) is 6.04 Å². The minimum Gasteiger partial charge on any atom is -0.508 e. The van der Waals surface area contributed by atoms with Crippen molar-refractivity contribution in [1.29, 1.82) is 0 Å². The maximum atomic E-state index is 9.29. The van der Waals surface area contributed by atoms with E-state index in [1.807, 2.05) is 12.1 Å². The molecule has 0 aliphatic heterocycles. The van der Waals surface area contributed by atoms with Gasteiger partial charge in [0.2, 0.25) is 0 Å². The Bertz CT molecular complexity index is 507. The van der Waals surface area contributed by atoms with Crippen molar-refractivity contribution < 1.29 is 5.11 Å². The van der Waals surface area contributed by atoms with Crippen molar-refractivity contribution in [2.24, 2.45) is 0 Å². The summed E-state index contributed by atoms with van der Waals surface area (Å²) in [5, 5.41) is 13.0. The number of phenolic OH excluding ortho intramolecular Hbond substituents is 1. The van der Waals surface area contributed by atoms with Crippen molar-refractivity contribution in [3.63, 3.8) is 0 Å². The summed E-state index contributed by atoms with van der Waals surface area (Å²) in [5.41, 5.74) is 2.66. The maximum absolute atomic E-state index is 9.29. The first kappa shape index (κ1) is 15.6. The number of nitrogens with one attached hydrogen (secondary N) is 1. The van der Waals surface area contributed by atoms with Gasteiger partial charge in [-0.3, -0.25) is 0 Å². The van der Waals surface area contributed by atoms with Gasteiger partial charge in [0.1, 0.15) is 5.75 Å². The molecule has 0 aliphatic carbocycles. The standard InChI is InChI=1S/C19H25NO/c1-2-6-18(15-17-7-4-3-5-8-17)20-14-13-16-9-11-19(21)12-10-16/h3-5,7-12,18,20-21H,2,6,13-15H2,1H3. The van der Waals surface area contributed by atoms with Gasteiger partial charge in [0.25, 0.3) is 0 Å². The van der Waals surface area contributed by atoms with Crippen LogP contribution in [0.25, 0.3) is 0 Å². The van der Waals surface area contributed by atoms with E-state index in [9.17, 15) is 5.11 Å². The molecule has 2 N–H and O–H groups in total. The summed E-state index contributed by atoms with van der Waals surface area (Å²) in [4.78, 5) is 0. The normalized spacial score (nSPS) is 12.2. The second kappa shape index (κ2) is 8.48. The van der Waals surface area contributed by atoms with Crippen molar-refractivity contribution in [2.45, 2.75) is 38.6 Å². The molecule has 0 aromatic heterocycles. The predicted molar refractivity (Wildman–Crippen MR) is 88.7 cm³/mol. The molecule has 1 atom stereocenters. The number of hydrogen-bond donors (Lipinski definition) is 2. The molecule has 0 saturated carbocycles. The van der Waals surface area contributed by atoms with E-state index < -0.39 is 0 Å². The lowest BCUT2D eigenvalue weighted by Crippen LogP contribution is -2.32. The smallest absolute Gasteiger partial charge is 0.115 e. The molecule has 0 aliphatic rings. The third-order valence-electron chi connectivity index (χ3n) is 3.75. The van der Waals surface area contributed by atoms with Crippen LogP contribution in [0, 0.1) is 0 Å². The van der Waals surface area contributed by atoms with Gasteiger partial charge in [-0.1, -0.05) is 55.8 Å². The molecule has 0 heterocycles. The summed E-state index contributed by atoms with van der Waals surface area (Å²) in [6.07, 6.45) is 4.48. The second-order valence-corrected chi connectivity index (χ2v) is 5.55. The zero-order chi connectivity index (χ0) is 14.9. The van der Waals surface area contributed by atoms with Gasteiger partial charge in [0.15, 0.2) is 0 Å². The van der Waals surface area contributed by atoms with Gasteiger partial charge >= 0.3 is 0 Å². The SMILES string of the molecule is CCCC(Cc1ccccc1)NCCc1ccc(O)cc1. The maximum Gasteiger partial charge on any atom is 0.115 e. The van der Waals surface area contributed by atoms with Crippen LogP contribution in [0.5, 0.6) is 5.75 Å². The number of aromatic hydroxyl groups is 1. The minimum absolute atomic E-state index is 0.333. The molecular weight excluding hydrogens is 258 g/mol. The molecule has 0 bridgehead atoms. The van der Waals surface area contributed by atoms with E-state index in [0.29, 0.717) is 11.8 Å². The first-order valence-electron chi connectivity index (χ1n) is 7.83. The fourth-order valence-electron chi connectivity index (χ4n) is 2.61. The molecule has 0 radical (unpaired) electrons.